The molecule has 2 rings (SSSR count). The minimum atomic E-state index is -0.809. The van der Waals surface area contributed by atoms with E-state index in [9.17, 15) is 20.4 Å². The van der Waals surface area contributed by atoms with Crippen LogP contribution < -0.4 is 10.1 Å². The summed E-state index contributed by atoms with van der Waals surface area (Å²) in [5, 5.41) is 51.3. The van der Waals surface area contributed by atoms with E-state index in [2.05, 4.69) is 5.32 Å². The fourth-order valence-electron chi connectivity index (χ4n) is 2.42. The summed E-state index contributed by atoms with van der Waals surface area (Å²) in [5.74, 6) is 0.551. The molecule has 0 radical (unpaired) electrons. The number of phenolic OH excluding ortho intramolecular Hbond substituents is 1. The van der Waals surface area contributed by atoms with Crippen molar-refractivity contribution in [2.75, 3.05) is 13.2 Å². The first-order valence-electron chi connectivity index (χ1n) is 8.34. The number of aromatic hydroxyl groups is 2. The number of nitrogens with one attached hydrogen (secondary N) is 1. The van der Waals surface area contributed by atoms with Crippen molar-refractivity contribution in [3.63, 3.8) is 0 Å². The molecule has 0 saturated carbocycles. The largest absolute Gasteiger partial charge is 0.508 e. The smallest absolute Gasteiger partial charge is 0.121 e. The van der Waals surface area contributed by atoms with Crippen molar-refractivity contribution in [1.82, 2.24) is 5.32 Å². The molecule has 0 amide bonds. The topological polar surface area (TPSA) is 122 Å². The molecule has 7 heteroatoms. The molecular formula is C19H25NO6. The van der Waals surface area contributed by atoms with Crippen LogP contribution in [0.25, 0.3) is 0 Å². The lowest BCUT2D eigenvalue weighted by Crippen LogP contribution is -2.39. The third-order valence-electron chi connectivity index (χ3n) is 4.05. The normalized spacial score (nSPS) is 14.6. The molecular weight excluding hydrogens is 338 g/mol. The van der Waals surface area contributed by atoms with Gasteiger partial charge in [0.05, 0.1) is 12.7 Å². The van der Waals surface area contributed by atoms with Gasteiger partial charge in [-0.25, -0.2) is 0 Å². The molecule has 142 valence electrons. The number of aliphatic hydroxyl groups excluding tert-OH is 3. The number of ether oxygens (including phenoxy) is 1. The Morgan fingerprint density at radius 3 is 2.38 bits per heavy atom. The van der Waals surface area contributed by atoms with Gasteiger partial charge in [0, 0.05) is 18.2 Å². The second kappa shape index (κ2) is 9.40. The summed E-state index contributed by atoms with van der Waals surface area (Å²) < 4.78 is 5.45. The summed E-state index contributed by atoms with van der Waals surface area (Å²) in [6.07, 6.45) is -1.59. The van der Waals surface area contributed by atoms with E-state index in [4.69, 9.17) is 9.84 Å². The lowest BCUT2D eigenvalue weighted by atomic mass is 10.0. The summed E-state index contributed by atoms with van der Waals surface area (Å²) in [6, 6.07) is 10.4. The molecule has 2 aromatic rings. The minimum Gasteiger partial charge on any atom is -0.508 e. The maximum Gasteiger partial charge on any atom is 0.121 e. The van der Waals surface area contributed by atoms with Crippen molar-refractivity contribution in [3.8, 4) is 17.2 Å². The van der Waals surface area contributed by atoms with Gasteiger partial charge in [0.25, 0.3) is 0 Å². The summed E-state index contributed by atoms with van der Waals surface area (Å²) in [5.41, 5.74) is 1.01. The third-order valence-corrected chi connectivity index (χ3v) is 4.05. The minimum absolute atomic E-state index is 0.0147. The van der Waals surface area contributed by atoms with E-state index in [-0.39, 0.29) is 37.3 Å². The zero-order chi connectivity index (χ0) is 19.1. The molecule has 0 bridgehead atoms. The maximum absolute atomic E-state index is 10.3. The molecule has 0 aromatic heterocycles. The van der Waals surface area contributed by atoms with Crippen LogP contribution in [-0.2, 0) is 6.61 Å². The molecule has 0 aliphatic heterocycles. The Bertz CT molecular complexity index is 691. The first-order chi connectivity index (χ1) is 12.4. The average molecular weight is 363 g/mol. The van der Waals surface area contributed by atoms with Gasteiger partial charge in [0.15, 0.2) is 0 Å². The van der Waals surface area contributed by atoms with E-state index in [0.717, 1.165) is 0 Å². The van der Waals surface area contributed by atoms with Crippen molar-refractivity contribution in [2.45, 2.75) is 31.8 Å². The number of hydrogen-bond acceptors (Lipinski definition) is 7. The Morgan fingerprint density at radius 2 is 1.73 bits per heavy atom. The van der Waals surface area contributed by atoms with E-state index in [1.54, 1.807) is 25.1 Å². The highest BCUT2D eigenvalue weighted by Crippen LogP contribution is 2.23. The molecule has 3 atom stereocenters. The van der Waals surface area contributed by atoms with Gasteiger partial charge in [0.1, 0.15) is 30.0 Å². The monoisotopic (exact) mass is 363 g/mol. The summed E-state index contributed by atoms with van der Waals surface area (Å²) in [7, 11) is 0. The molecule has 2 unspecified atom stereocenters. The second-order valence-corrected chi connectivity index (χ2v) is 6.15. The Morgan fingerprint density at radius 1 is 1.04 bits per heavy atom. The molecule has 0 heterocycles. The number of rotatable bonds is 9. The highest BCUT2D eigenvalue weighted by molar-refractivity contribution is 5.38. The van der Waals surface area contributed by atoms with Crippen LogP contribution in [0.3, 0.4) is 0 Å². The fraction of sp³-hybridized carbons (Fsp3) is 0.368. The maximum atomic E-state index is 10.3. The number of benzene rings is 2. The van der Waals surface area contributed by atoms with Gasteiger partial charge in [-0.15, -0.1) is 0 Å². The predicted molar refractivity (Wildman–Crippen MR) is 96.1 cm³/mol. The third kappa shape index (κ3) is 5.60. The lowest BCUT2D eigenvalue weighted by molar-refractivity contribution is 0.0875. The van der Waals surface area contributed by atoms with Crippen molar-refractivity contribution in [1.29, 1.82) is 0 Å². The molecule has 0 fully saturated rings. The molecule has 7 nitrogen and oxygen atoms in total. The molecule has 0 spiro atoms. The summed E-state index contributed by atoms with van der Waals surface area (Å²) >= 11 is 0. The second-order valence-electron chi connectivity index (χ2n) is 6.15. The Hall–Kier alpha value is -2.32. The summed E-state index contributed by atoms with van der Waals surface area (Å²) in [4.78, 5) is 0. The standard InChI is InChI=1S/C19H25NO6/c1-12(19(25)13-2-4-15(22)5-3-13)20-9-16(23)11-26-17-6-7-18(24)14(8-17)10-21/h2-8,12,16,19-25H,9-11H2,1H3/t12?,16-,19?/m0/s1. The average Bonchev–Trinajstić information content (AvgIpc) is 2.65. The zero-order valence-electron chi connectivity index (χ0n) is 14.5. The molecule has 0 aliphatic carbocycles. The van der Waals surface area contributed by atoms with Crippen LogP contribution in [-0.4, -0.2) is 50.8 Å². The van der Waals surface area contributed by atoms with Gasteiger partial charge in [-0.3, -0.25) is 0 Å². The van der Waals surface area contributed by atoms with Crippen LogP contribution in [0.15, 0.2) is 42.5 Å². The van der Waals surface area contributed by atoms with Crippen molar-refractivity contribution >= 4 is 0 Å². The highest BCUT2D eigenvalue weighted by atomic mass is 16.5. The summed E-state index contributed by atoms with van der Waals surface area (Å²) in [6.45, 7) is 1.71. The van der Waals surface area contributed by atoms with E-state index < -0.39 is 12.2 Å². The molecule has 2 aromatic carbocycles. The van der Waals surface area contributed by atoms with Crippen LogP contribution in [0.1, 0.15) is 24.2 Å². The fourth-order valence-corrected chi connectivity index (χ4v) is 2.42. The van der Waals surface area contributed by atoms with E-state index in [1.165, 1.54) is 24.3 Å². The lowest BCUT2D eigenvalue weighted by Gasteiger charge is -2.22. The number of phenols is 2. The molecule has 0 aliphatic rings. The van der Waals surface area contributed by atoms with Gasteiger partial charge in [-0.2, -0.15) is 0 Å². The quantitative estimate of drug-likeness (QED) is 0.394. The number of aliphatic hydroxyl groups is 3. The highest BCUT2D eigenvalue weighted by Gasteiger charge is 2.17. The van der Waals surface area contributed by atoms with Crippen LogP contribution in [0.5, 0.6) is 17.2 Å². The van der Waals surface area contributed by atoms with E-state index in [0.29, 0.717) is 16.9 Å². The van der Waals surface area contributed by atoms with E-state index >= 15 is 0 Å². The number of hydrogen-bond donors (Lipinski definition) is 6. The van der Waals surface area contributed by atoms with Crippen LogP contribution in [0.2, 0.25) is 0 Å². The van der Waals surface area contributed by atoms with Gasteiger partial charge >= 0.3 is 0 Å². The van der Waals surface area contributed by atoms with Crippen LogP contribution in [0.4, 0.5) is 0 Å². The van der Waals surface area contributed by atoms with Gasteiger partial charge in [0.2, 0.25) is 0 Å². The first-order valence-corrected chi connectivity index (χ1v) is 8.34. The van der Waals surface area contributed by atoms with Crippen LogP contribution in [0, 0.1) is 0 Å². The predicted octanol–water partition coefficient (Wildman–Crippen LogP) is 1.04. The Labute approximate surface area is 152 Å². The Balaban J connectivity index is 1.78. The molecule has 0 saturated heterocycles. The van der Waals surface area contributed by atoms with Gasteiger partial charge < -0.3 is 35.6 Å². The first kappa shape index (κ1) is 20.0. The SMILES string of the molecule is CC(NC[C@H](O)COc1ccc(O)c(CO)c1)C(O)c1ccc(O)cc1. The van der Waals surface area contributed by atoms with Crippen molar-refractivity contribution < 1.29 is 30.3 Å². The van der Waals surface area contributed by atoms with Gasteiger partial charge in [-0.1, -0.05) is 12.1 Å². The van der Waals surface area contributed by atoms with Crippen molar-refractivity contribution in [2.24, 2.45) is 0 Å². The van der Waals surface area contributed by atoms with E-state index in [1.807, 2.05) is 0 Å². The Kier molecular flexibility index (Phi) is 7.23. The molecule has 26 heavy (non-hydrogen) atoms. The van der Waals surface area contributed by atoms with Gasteiger partial charge in [-0.05, 0) is 42.8 Å². The molecule has 6 N–H and O–H groups in total. The van der Waals surface area contributed by atoms with Crippen molar-refractivity contribution in [3.05, 3.63) is 53.6 Å². The zero-order valence-corrected chi connectivity index (χ0v) is 14.5. The van der Waals surface area contributed by atoms with Crippen LogP contribution >= 0.6 is 0 Å².